The van der Waals surface area contributed by atoms with E-state index in [4.69, 9.17) is 4.52 Å². The first-order valence-electron chi connectivity index (χ1n) is 11.8. The van der Waals surface area contributed by atoms with E-state index in [0.29, 0.717) is 23.4 Å². The monoisotopic (exact) mass is 437 g/mol. The summed E-state index contributed by atoms with van der Waals surface area (Å²) in [5, 5.41) is 0. The van der Waals surface area contributed by atoms with Gasteiger partial charge in [0.1, 0.15) is 0 Å². The maximum Gasteiger partial charge on any atom is 0.238 e. The highest BCUT2D eigenvalue weighted by Crippen LogP contribution is 2.78. The number of fused-ring (bicyclic) bond motifs is 5. The molecule has 6 heteroatoms. The van der Waals surface area contributed by atoms with Crippen LogP contribution in [0.4, 0.5) is 5.69 Å². The highest BCUT2D eigenvalue weighted by molar-refractivity contribution is 7.62. The molecule has 4 saturated carbocycles. The number of hydrogen-bond acceptors (Lipinski definition) is 4. The van der Waals surface area contributed by atoms with Gasteiger partial charge in [-0.05, 0) is 75.3 Å². The highest BCUT2D eigenvalue weighted by Gasteiger charge is 2.72. The Labute approximate surface area is 182 Å². The molecule has 3 aliphatic heterocycles. The molecule has 8 rings (SSSR count). The molecule has 31 heavy (non-hydrogen) atoms. The summed E-state index contributed by atoms with van der Waals surface area (Å²) in [7, 11) is -3.18. The molecular weight excluding hydrogens is 409 g/mol. The minimum absolute atomic E-state index is 0.199. The average molecular weight is 437 g/mol. The number of amides is 2. The highest BCUT2D eigenvalue weighted by atomic mass is 31.2. The number of benzene rings is 1. The van der Waals surface area contributed by atoms with E-state index in [1.807, 2.05) is 31.2 Å². The molecule has 0 radical (unpaired) electrons. The standard InChI is InChI=1S/C25H28NO4P/c1-14-7-19-20-21(24(28)26(23(20)27)18-5-3-2-4-6-18)22(14)31(19,29)30-25-11-15-8-16(12-25)10-17(9-15)13-25/h2-7,15-17,19-22H,8-13H2,1H3/t15?,16?,17?,19-,20+,21+,22+,25?,31?/m0/s1. The van der Waals surface area contributed by atoms with Crippen molar-refractivity contribution in [3.05, 3.63) is 42.0 Å². The van der Waals surface area contributed by atoms with Crippen LogP contribution in [0, 0.1) is 29.6 Å². The van der Waals surface area contributed by atoms with Crippen molar-refractivity contribution >= 4 is 24.9 Å². The van der Waals surface area contributed by atoms with Crippen LogP contribution in [0.25, 0.3) is 0 Å². The SMILES string of the molecule is CC1=C[C@H]2[C@H]3C(=O)N(c4ccccc4)C(=O)[C@H]3[C@@H]1P2(=O)OC12CC3CC(CC(C3)C1)C2. The molecule has 0 aromatic heterocycles. The van der Waals surface area contributed by atoms with Crippen molar-refractivity contribution in [1.82, 2.24) is 0 Å². The Balaban J connectivity index is 1.25. The van der Waals surface area contributed by atoms with Gasteiger partial charge in [0.25, 0.3) is 0 Å². The number of nitrogens with zero attached hydrogens (tertiary/aromatic N) is 1. The van der Waals surface area contributed by atoms with Crippen molar-refractivity contribution in [2.24, 2.45) is 29.6 Å². The molecule has 6 bridgehead atoms. The summed E-state index contributed by atoms with van der Waals surface area (Å²) in [6.45, 7) is 1.97. The van der Waals surface area contributed by atoms with Crippen LogP contribution in [0.2, 0.25) is 0 Å². The van der Waals surface area contributed by atoms with Crippen LogP contribution >= 0.6 is 7.37 Å². The topological polar surface area (TPSA) is 63.7 Å². The number of imide groups is 1. The van der Waals surface area contributed by atoms with Crippen molar-refractivity contribution < 1.29 is 18.7 Å². The minimum Gasteiger partial charge on any atom is -0.321 e. The Morgan fingerprint density at radius 3 is 2.13 bits per heavy atom. The minimum atomic E-state index is -3.18. The van der Waals surface area contributed by atoms with Crippen molar-refractivity contribution in [2.75, 3.05) is 4.90 Å². The summed E-state index contributed by atoms with van der Waals surface area (Å²) < 4.78 is 21.4. The van der Waals surface area contributed by atoms with Crippen molar-refractivity contribution in [1.29, 1.82) is 0 Å². The number of anilines is 1. The fourth-order valence-electron chi connectivity index (χ4n) is 8.57. The van der Waals surface area contributed by atoms with Crippen LogP contribution in [0.5, 0.6) is 0 Å². The maximum absolute atomic E-state index is 14.6. The average Bonchev–Trinajstić information content (AvgIpc) is 3.21. The lowest BCUT2D eigenvalue weighted by molar-refractivity contribution is -0.123. The van der Waals surface area contributed by atoms with Crippen molar-refractivity contribution in [3.63, 3.8) is 0 Å². The molecule has 4 aliphatic carbocycles. The molecule has 2 saturated heterocycles. The molecule has 1 aromatic rings. The van der Waals surface area contributed by atoms with Gasteiger partial charge in [-0.25, -0.2) is 4.90 Å². The van der Waals surface area contributed by atoms with E-state index in [0.717, 1.165) is 24.8 Å². The zero-order valence-electron chi connectivity index (χ0n) is 17.8. The predicted octanol–water partition coefficient (Wildman–Crippen LogP) is 4.77. The van der Waals surface area contributed by atoms with E-state index in [-0.39, 0.29) is 17.4 Å². The van der Waals surface area contributed by atoms with Gasteiger partial charge in [-0.1, -0.05) is 29.8 Å². The first kappa shape index (κ1) is 18.8. The van der Waals surface area contributed by atoms with E-state index >= 15 is 0 Å². The molecule has 0 spiro atoms. The fourth-order valence-corrected chi connectivity index (χ4v) is 12.6. The van der Waals surface area contributed by atoms with E-state index in [9.17, 15) is 14.2 Å². The second kappa shape index (κ2) is 5.99. The molecule has 0 N–H and O–H groups in total. The van der Waals surface area contributed by atoms with Gasteiger partial charge in [0.2, 0.25) is 19.2 Å². The third-order valence-electron chi connectivity index (χ3n) is 9.14. The molecule has 7 aliphatic rings. The van der Waals surface area contributed by atoms with Gasteiger partial charge in [0, 0.05) is 0 Å². The van der Waals surface area contributed by atoms with Crippen LogP contribution in [-0.4, -0.2) is 28.7 Å². The predicted molar refractivity (Wildman–Crippen MR) is 117 cm³/mol. The van der Waals surface area contributed by atoms with E-state index in [1.165, 1.54) is 24.2 Å². The van der Waals surface area contributed by atoms with Gasteiger partial charge in [-0.15, -0.1) is 0 Å². The quantitative estimate of drug-likeness (QED) is 0.388. The lowest BCUT2D eigenvalue weighted by Gasteiger charge is -2.57. The smallest absolute Gasteiger partial charge is 0.238 e. The summed E-state index contributed by atoms with van der Waals surface area (Å²) in [4.78, 5) is 28.3. The summed E-state index contributed by atoms with van der Waals surface area (Å²) in [5.74, 6) is 0.612. The lowest BCUT2D eigenvalue weighted by atomic mass is 9.54. The van der Waals surface area contributed by atoms with Gasteiger partial charge >= 0.3 is 0 Å². The molecular formula is C25H28NO4P. The number of carbonyl (C=O) groups excluding carboxylic acids is 2. The third kappa shape index (κ3) is 2.35. The van der Waals surface area contributed by atoms with Crippen LogP contribution in [0.3, 0.4) is 0 Å². The van der Waals surface area contributed by atoms with E-state index in [2.05, 4.69) is 0 Å². The number of rotatable bonds is 3. The molecule has 5 nitrogen and oxygen atoms in total. The molecule has 6 fully saturated rings. The van der Waals surface area contributed by atoms with E-state index < -0.39 is 30.5 Å². The van der Waals surface area contributed by atoms with Gasteiger partial charge in [-0.2, -0.15) is 0 Å². The van der Waals surface area contributed by atoms with Crippen LogP contribution < -0.4 is 4.90 Å². The first-order valence-corrected chi connectivity index (χ1v) is 13.6. The fraction of sp³-hybridized carbons (Fsp3) is 0.600. The maximum atomic E-state index is 14.6. The number of allylic oxidation sites excluding steroid dienone is 2. The Hall–Kier alpha value is -1.71. The second-order valence-corrected chi connectivity index (χ2v) is 13.7. The summed E-state index contributed by atoms with van der Waals surface area (Å²) in [6.07, 6.45) is 8.92. The van der Waals surface area contributed by atoms with Crippen molar-refractivity contribution in [3.8, 4) is 0 Å². The molecule has 162 valence electrons. The Kier molecular flexibility index (Phi) is 3.64. The lowest BCUT2D eigenvalue weighted by Crippen LogP contribution is -2.52. The summed E-state index contributed by atoms with van der Waals surface area (Å²) >= 11 is 0. The Morgan fingerprint density at radius 1 is 0.935 bits per heavy atom. The first-order chi connectivity index (χ1) is 14.9. The largest absolute Gasteiger partial charge is 0.321 e. The molecule has 1 aromatic carbocycles. The van der Waals surface area contributed by atoms with Gasteiger partial charge in [0.15, 0.2) is 0 Å². The second-order valence-electron chi connectivity index (χ2n) is 11.1. The molecule has 2 amide bonds. The molecule has 1 unspecified atom stereocenters. The summed E-state index contributed by atoms with van der Waals surface area (Å²) in [6, 6.07) is 9.14. The van der Waals surface area contributed by atoms with E-state index in [1.54, 1.807) is 12.1 Å². The number of carbonyl (C=O) groups is 2. The molecule has 5 atom stereocenters. The Morgan fingerprint density at radius 2 is 1.52 bits per heavy atom. The van der Waals surface area contributed by atoms with Gasteiger partial charge in [0.05, 0.1) is 34.4 Å². The van der Waals surface area contributed by atoms with Crippen LogP contribution in [0.1, 0.15) is 45.4 Å². The number of hydrogen-bond donors (Lipinski definition) is 0. The van der Waals surface area contributed by atoms with Crippen LogP contribution in [0.15, 0.2) is 42.0 Å². The molecule has 3 heterocycles. The van der Waals surface area contributed by atoms with Crippen molar-refractivity contribution in [2.45, 2.75) is 62.4 Å². The van der Waals surface area contributed by atoms with Crippen LogP contribution in [-0.2, 0) is 18.7 Å². The zero-order valence-corrected chi connectivity index (χ0v) is 18.7. The number of para-hydroxylation sites is 1. The third-order valence-corrected chi connectivity index (χ3v) is 12.6. The van der Waals surface area contributed by atoms with Gasteiger partial charge < -0.3 is 4.52 Å². The normalized spacial score (nSPS) is 49.1. The summed E-state index contributed by atoms with van der Waals surface area (Å²) in [5.41, 5.74) is 0.431. The van der Waals surface area contributed by atoms with Gasteiger partial charge in [-0.3, -0.25) is 14.2 Å². The zero-order chi connectivity index (χ0) is 21.1. The Bertz CT molecular complexity index is 1040.